The van der Waals surface area contributed by atoms with Crippen LogP contribution in [-0.2, 0) is 6.42 Å². The first kappa shape index (κ1) is 14.9. The zero-order chi connectivity index (χ0) is 15.9. The number of carboxylic acid groups (broad SMARTS) is 1. The number of halogens is 1. The highest BCUT2D eigenvalue weighted by molar-refractivity contribution is 6.30. The van der Waals surface area contributed by atoms with Crippen LogP contribution in [0.3, 0.4) is 0 Å². The van der Waals surface area contributed by atoms with Crippen LogP contribution in [0.1, 0.15) is 31.0 Å². The molecule has 114 valence electrons. The van der Waals surface area contributed by atoms with Gasteiger partial charge in [0.1, 0.15) is 0 Å². The molecule has 0 spiro atoms. The standard InChI is InChI=1S/C18H18ClNO2/c1-18(2)10-13-9-12(11-3-6-14(19)7-4-11)5-8-15(13)16(18)20-17(21)22/h3-9,16,20H,10H2,1-2H3,(H,21,22). The summed E-state index contributed by atoms with van der Waals surface area (Å²) in [6, 6.07) is 13.8. The van der Waals surface area contributed by atoms with Crippen molar-refractivity contribution in [1.82, 2.24) is 5.32 Å². The molecule has 1 unspecified atom stereocenters. The van der Waals surface area contributed by atoms with Gasteiger partial charge in [0, 0.05) is 5.02 Å². The summed E-state index contributed by atoms with van der Waals surface area (Å²) in [5.74, 6) is 0. The van der Waals surface area contributed by atoms with E-state index >= 15 is 0 Å². The van der Waals surface area contributed by atoms with Gasteiger partial charge in [0.2, 0.25) is 0 Å². The van der Waals surface area contributed by atoms with Gasteiger partial charge >= 0.3 is 6.09 Å². The van der Waals surface area contributed by atoms with Crippen molar-refractivity contribution in [2.24, 2.45) is 5.41 Å². The molecule has 0 saturated carbocycles. The lowest BCUT2D eigenvalue weighted by Gasteiger charge is -2.27. The molecule has 0 aliphatic heterocycles. The summed E-state index contributed by atoms with van der Waals surface area (Å²) in [7, 11) is 0. The molecule has 1 atom stereocenters. The second-order valence-corrected chi connectivity index (χ2v) is 6.90. The third-order valence-corrected chi connectivity index (χ3v) is 4.58. The molecule has 22 heavy (non-hydrogen) atoms. The van der Waals surface area contributed by atoms with Gasteiger partial charge in [-0.1, -0.05) is 55.8 Å². The number of carbonyl (C=O) groups is 1. The fourth-order valence-electron chi connectivity index (χ4n) is 3.27. The summed E-state index contributed by atoms with van der Waals surface area (Å²) < 4.78 is 0. The fourth-order valence-corrected chi connectivity index (χ4v) is 3.40. The molecule has 3 rings (SSSR count). The van der Waals surface area contributed by atoms with Crippen molar-refractivity contribution < 1.29 is 9.90 Å². The highest BCUT2D eigenvalue weighted by Crippen LogP contribution is 2.46. The Morgan fingerprint density at radius 1 is 1.18 bits per heavy atom. The second kappa shape index (κ2) is 5.33. The number of amides is 1. The summed E-state index contributed by atoms with van der Waals surface area (Å²) in [6.07, 6.45) is -0.123. The average molecular weight is 316 g/mol. The molecule has 1 amide bonds. The van der Waals surface area contributed by atoms with E-state index in [1.54, 1.807) is 0 Å². The highest BCUT2D eigenvalue weighted by atomic mass is 35.5. The Labute approximate surface area is 134 Å². The average Bonchev–Trinajstić information content (AvgIpc) is 2.69. The summed E-state index contributed by atoms with van der Waals surface area (Å²) in [5.41, 5.74) is 4.39. The van der Waals surface area contributed by atoms with E-state index in [-0.39, 0.29) is 11.5 Å². The monoisotopic (exact) mass is 315 g/mol. The maximum Gasteiger partial charge on any atom is 0.405 e. The molecular weight excluding hydrogens is 298 g/mol. The van der Waals surface area contributed by atoms with Crippen LogP contribution >= 0.6 is 11.6 Å². The largest absolute Gasteiger partial charge is 0.465 e. The number of fused-ring (bicyclic) bond motifs is 1. The van der Waals surface area contributed by atoms with Crippen molar-refractivity contribution in [2.75, 3.05) is 0 Å². The van der Waals surface area contributed by atoms with Crippen LogP contribution in [0.15, 0.2) is 42.5 Å². The topological polar surface area (TPSA) is 49.3 Å². The SMILES string of the molecule is CC1(C)Cc2cc(-c3ccc(Cl)cc3)ccc2C1NC(=O)O. The van der Waals surface area contributed by atoms with Crippen LogP contribution in [0.25, 0.3) is 11.1 Å². The summed E-state index contributed by atoms with van der Waals surface area (Å²) in [6.45, 7) is 4.19. The molecule has 0 bridgehead atoms. The van der Waals surface area contributed by atoms with Gasteiger partial charge in [0.25, 0.3) is 0 Å². The van der Waals surface area contributed by atoms with Crippen LogP contribution in [0.5, 0.6) is 0 Å². The first-order valence-electron chi connectivity index (χ1n) is 7.25. The molecule has 2 N–H and O–H groups in total. The highest BCUT2D eigenvalue weighted by Gasteiger charge is 2.39. The number of nitrogens with one attached hydrogen (secondary N) is 1. The van der Waals surface area contributed by atoms with Crippen molar-refractivity contribution in [3.63, 3.8) is 0 Å². The van der Waals surface area contributed by atoms with Gasteiger partial charge in [0.15, 0.2) is 0 Å². The van der Waals surface area contributed by atoms with E-state index in [0.717, 1.165) is 28.1 Å². The van der Waals surface area contributed by atoms with Gasteiger partial charge in [-0.05, 0) is 46.2 Å². The zero-order valence-electron chi connectivity index (χ0n) is 12.6. The Morgan fingerprint density at radius 2 is 1.82 bits per heavy atom. The van der Waals surface area contributed by atoms with Crippen molar-refractivity contribution in [3.05, 3.63) is 58.6 Å². The summed E-state index contributed by atoms with van der Waals surface area (Å²) in [4.78, 5) is 11.0. The van der Waals surface area contributed by atoms with Crippen LogP contribution in [0.2, 0.25) is 5.02 Å². The Kier molecular flexibility index (Phi) is 3.61. The van der Waals surface area contributed by atoms with Gasteiger partial charge in [-0.3, -0.25) is 0 Å². The minimum Gasteiger partial charge on any atom is -0.465 e. The minimum absolute atomic E-state index is 0.126. The molecule has 0 fully saturated rings. The van der Waals surface area contributed by atoms with Gasteiger partial charge in [-0.15, -0.1) is 0 Å². The molecule has 0 aromatic heterocycles. The Morgan fingerprint density at radius 3 is 2.45 bits per heavy atom. The molecular formula is C18H18ClNO2. The molecule has 2 aromatic rings. The predicted octanol–water partition coefficient (Wildman–Crippen LogP) is 4.90. The maximum absolute atomic E-state index is 11.0. The molecule has 0 heterocycles. The third kappa shape index (κ3) is 2.69. The third-order valence-electron chi connectivity index (χ3n) is 4.33. The van der Waals surface area contributed by atoms with Crippen LogP contribution in [0.4, 0.5) is 4.79 Å². The second-order valence-electron chi connectivity index (χ2n) is 6.47. The van der Waals surface area contributed by atoms with E-state index in [9.17, 15) is 4.79 Å². The smallest absolute Gasteiger partial charge is 0.405 e. The fraction of sp³-hybridized carbons (Fsp3) is 0.278. The number of hydrogen-bond acceptors (Lipinski definition) is 1. The maximum atomic E-state index is 11.0. The first-order chi connectivity index (χ1) is 10.4. The van der Waals surface area contributed by atoms with E-state index in [0.29, 0.717) is 0 Å². The zero-order valence-corrected chi connectivity index (χ0v) is 13.3. The molecule has 0 radical (unpaired) electrons. The Balaban J connectivity index is 1.99. The molecule has 1 aliphatic rings. The van der Waals surface area contributed by atoms with Crippen LogP contribution in [-0.4, -0.2) is 11.2 Å². The van der Waals surface area contributed by atoms with Gasteiger partial charge < -0.3 is 10.4 Å². The minimum atomic E-state index is -0.979. The van der Waals surface area contributed by atoms with E-state index < -0.39 is 6.09 Å². The Hall–Kier alpha value is -2.00. The van der Waals surface area contributed by atoms with E-state index in [2.05, 4.69) is 25.2 Å². The number of benzene rings is 2. The number of rotatable bonds is 2. The molecule has 1 aliphatic carbocycles. The normalized spacial score (nSPS) is 18.8. The van der Waals surface area contributed by atoms with Gasteiger partial charge in [-0.25, -0.2) is 4.79 Å². The molecule has 4 heteroatoms. The predicted molar refractivity (Wildman–Crippen MR) is 88.3 cm³/mol. The van der Waals surface area contributed by atoms with Crippen LogP contribution in [0, 0.1) is 5.41 Å². The van der Waals surface area contributed by atoms with E-state index in [4.69, 9.17) is 16.7 Å². The Bertz CT molecular complexity index is 722. The van der Waals surface area contributed by atoms with Crippen molar-refractivity contribution in [2.45, 2.75) is 26.3 Å². The molecule has 3 nitrogen and oxygen atoms in total. The number of hydrogen-bond donors (Lipinski definition) is 2. The lowest BCUT2D eigenvalue weighted by atomic mass is 9.85. The van der Waals surface area contributed by atoms with Crippen molar-refractivity contribution in [1.29, 1.82) is 0 Å². The summed E-state index contributed by atoms with van der Waals surface area (Å²) >= 11 is 5.93. The lowest BCUT2D eigenvalue weighted by molar-refractivity contribution is 0.175. The first-order valence-corrected chi connectivity index (χ1v) is 7.63. The van der Waals surface area contributed by atoms with E-state index in [1.807, 2.05) is 36.4 Å². The van der Waals surface area contributed by atoms with E-state index in [1.165, 1.54) is 5.56 Å². The van der Waals surface area contributed by atoms with Gasteiger partial charge in [0.05, 0.1) is 6.04 Å². The van der Waals surface area contributed by atoms with Crippen molar-refractivity contribution >= 4 is 17.7 Å². The van der Waals surface area contributed by atoms with Crippen molar-refractivity contribution in [3.8, 4) is 11.1 Å². The van der Waals surface area contributed by atoms with Crippen LogP contribution < -0.4 is 5.32 Å². The van der Waals surface area contributed by atoms with Gasteiger partial charge in [-0.2, -0.15) is 0 Å². The quantitative estimate of drug-likeness (QED) is 0.828. The molecule has 2 aromatic carbocycles. The summed E-state index contributed by atoms with van der Waals surface area (Å²) in [5, 5.41) is 12.4. The lowest BCUT2D eigenvalue weighted by Crippen LogP contribution is -2.34. The molecule has 0 saturated heterocycles.